The highest BCUT2D eigenvalue weighted by atomic mass is 32.1. The summed E-state index contributed by atoms with van der Waals surface area (Å²) in [6, 6.07) is 12.0. The largest absolute Gasteiger partial charge is 0.350 e. The zero-order valence-electron chi connectivity index (χ0n) is 13.0. The van der Waals surface area contributed by atoms with Gasteiger partial charge >= 0.3 is 0 Å². The number of aromatic nitrogens is 2. The number of anilines is 1. The molecule has 2 aromatic heterocycles. The van der Waals surface area contributed by atoms with Gasteiger partial charge in [-0.2, -0.15) is 0 Å². The fourth-order valence-corrected chi connectivity index (χ4v) is 5.26. The van der Waals surface area contributed by atoms with Crippen molar-refractivity contribution >= 4 is 27.4 Å². The molecule has 2 unspecified atom stereocenters. The van der Waals surface area contributed by atoms with Crippen LogP contribution in [0.2, 0.25) is 0 Å². The van der Waals surface area contributed by atoms with Gasteiger partial charge in [-0.05, 0) is 37.7 Å². The SMILES string of the molecule is c1ccc(-c2csc3ncnc(N4C5CCCC4CC5)c23)cc1. The van der Waals surface area contributed by atoms with Gasteiger partial charge in [0, 0.05) is 23.0 Å². The van der Waals surface area contributed by atoms with Crippen molar-refractivity contribution in [3.05, 3.63) is 42.0 Å². The van der Waals surface area contributed by atoms with Crippen LogP contribution in [0.25, 0.3) is 21.3 Å². The molecule has 2 aliphatic rings. The molecular weight excluding hydrogens is 302 g/mol. The molecule has 0 radical (unpaired) electrons. The fourth-order valence-electron chi connectivity index (χ4n) is 4.35. The minimum Gasteiger partial charge on any atom is -0.350 e. The predicted octanol–water partition coefficient (Wildman–Crippen LogP) is 4.88. The fraction of sp³-hybridized carbons (Fsp3) is 0.368. The molecule has 23 heavy (non-hydrogen) atoms. The van der Waals surface area contributed by atoms with Crippen LogP contribution >= 0.6 is 11.3 Å². The molecule has 5 rings (SSSR count). The number of piperidine rings is 1. The highest BCUT2D eigenvalue weighted by Crippen LogP contribution is 2.44. The summed E-state index contributed by atoms with van der Waals surface area (Å²) < 4.78 is 0. The highest BCUT2D eigenvalue weighted by molar-refractivity contribution is 7.17. The van der Waals surface area contributed by atoms with Gasteiger partial charge in [-0.25, -0.2) is 9.97 Å². The first kappa shape index (κ1) is 13.5. The molecule has 2 bridgehead atoms. The molecule has 4 heteroatoms. The van der Waals surface area contributed by atoms with Crippen molar-refractivity contribution in [3.8, 4) is 11.1 Å². The topological polar surface area (TPSA) is 29.0 Å². The van der Waals surface area contributed by atoms with Gasteiger partial charge in [0.05, 0.1) is 5.39 Å². The Kier molecular flexibility index (Phi) is 3.11. The third-order valence-electron chi connectivity index (χ3n) is 5.37. The summed E-state index contributed by atoms with van der Waals surface area (Å²) in [4.78, 5) is 13.0. The molecule has 0 spiro atoms. The lowest BCUT2D eigenvalue weighted by Crippen LogP contribution is -2.40. The first-order valence-electron chi connectivity index (χ1n) is 8.48. The molecule has 3 aromatic rings. The molecule has 2 fully saturated rings. The Balaban J connectivity index is 1.72. The van der Waals surface area contributed by atoms with Crippen molar-refractivity contribution in [1.82, 2.24) is 9.97 Å². The van der Waals surface area contributed by atoms with E-state index in [0.717, 1.165) is 4.83 Å². The van der Waals surface area contributed by atoms with E-state index >= 15 is 0 Å². The van der Waals surface area contributed by atoms with Gasteiger partial charge in [-0.3, -0.25) is 0 Å². The Morgan fingerprint density at radius 1 is 0.957 bits per heavy atom. The number of hydrogen-bond donors (Lipinski definition) is 0. The zero-order valence-corrected chi connectivity index (χ0v) is 13.8. The van der Waals surface area contributed by atoms with Gasteiger partial charge in [0.15, 0.2) is 0 Å². The van der Waals surface area contributed by atoms with Crippen molar-refractivity contribution in [2.24, 2.45) is 0 Å². The molecular formula is C19H19N3S. The van der Waals surface area contributed by atoms with Gasteiger partial charge in [0.2, 0.25) is 0 Å². The van der Waals surface area contributed by atoms with E-state index in [9.17, 15) is 0 Å². The lowest BCUT2D eigenvalue weighted by molar-refractivity contribution is 0.465. The number of benzene rings is 1. The number of fused-ring (bicyclic) bond motifs is 3. The van der Waals surface area contributed by atoms with Crippen molar-refractivity contribution in [2.75, 3.05) is 4.90 Å². The average Bonchev–Trinajstić information content (AvgIpc) is 3.14. The maximum atomic E-state index is 4.75. The quantitative estimate of drug-likeness (QED) is 0.673. The third-order valence-corrected chi connectivity index (χ3v) is 6.26. The molecule has 2 atom stereocenters. The summed E-state index contributed by atoms with van der Waals surface area (Å²) in [5.74, 6) is 1.17. The number of hydrogen-bond acceptors (Lipinski definition) is 4. The van der Waals surface area contributed by atoms with Crippen LogP contribution in [0.15, 0.2) is 42.0 Å². The molecule has 0 N–H and O–H groups in total. The molecule has 4 heterocycles. The molecule has 0 amide bonds. The molecule has 0 aliphatic carbocycles. The summed E-state index contributed by atoms with van der Waals surface area (Å²) in [5.41, 5.74) is 2.55. The average molecular weight is 321 g/mol. The van der Waals surface area contributed by atoms with Gasteiger partial charge < -0.3 is 4.90 Å². The Bertz CT molecular complexity index is 826. The summed E-state index contributed by atoms with van der Waals surface area (Å²) in [6.45, 7) is 0. The lowest BCUT2D eigenvalue weighted by Gasteiger charge is -2.36. The minimum atomic E-state index is 0.676. The summed E-state index contributed by atoms with van der Waals surface area (Å²) in [6.07, 6.45) is 8.38. The second-order valence-corrected chi connectivity index (χ2v) is 7.47. The van der Waals surface area contributed by atoms with Crippen molar-refractivity contribution in [3.63, 3.8) is 0 Å². The van der Waals surface area contributed by atoms with Crippen molar-refractivity contribution < 1.29 is 0 Å². The molecule has 0 saturated carbocycles. The van der Waals surface area contributed by atoms with Crippen LogP contribution < -0.4 is 4.90 Å². The molecule has 2 aliphatic heterocycles. The first-order chi connectivity index (χ1) is 11.4. The lowest BCUT2D eigenvalue weighted by atomic mass is 10.0. The van der Waals surface area contributed by atoms with Gasteiger partial charge in [-0.15, -0.1) is 11.3 Å². The van der Waals surface area contributed by atoms with Gasteiger partial charge in [-0.1, -0.05) is 30.3 Å². The normalized spacial score (nSPS) is 23.6. The Morgan fingerprint density at radius 3 is 2.52 bits per heavy atom. The van der Waals surface area contributed by atoms with E-state index in [1.807, 2.05) is 0 Å². The van der Waals surface area contributed by atoms with Crippen LogP contribution in [0.3, 0.4) is 0 Å². The van der Waals surface area contributed by atoms with E-state index < -0.39 is 0 Å². The Labute approximate surface area is 140 Å². The number of rotatable bonds is 2. The van der Waals surface area contributed by atoms with E-state index in [4.69, 9.17) is 4.98 Å². The van der Waals surface area contributed by atoms with Crippen LogP contribution in [0.1, 0.15) is 32.1 Å². The standard InChI is InChI=1S/C19H19N3S/c1-2-5-13(6-3-1)16-11-23-19-17(16)18(20-12-21-19)22-14-7-4-8-15(22)10-9-14/h1-3,5-6,11-12,14-15H,4,7-10H2. The number of thiophene rings is 1. The van der Waals surface area contributed by atoms with E-state index in [1.54, 1.807) is 17.7 Å². The van der Waals surface area contributed by atoms with Crippen LogP contribution in [0.4, 0.5) is 5.82 Å². The van der Waals surface area contributed by atoms with Gasteiger partial charge in [0.25, 0.3) is 0 Å². The third kappa shape index (κ3) is 2.08. The molecule has 116 valence electrons. The minimum absolute atomic E-state index is 0.676. The Morgan fingerprint density at radius 2 is 1.74 bits per heavy atom. The van der Waals surface area contributed by atoms with E-state index in [1.165, 1.54) is 54.4 Å². The summed E-state index contributed by atoms with van der Waals surface area (Å²) >= 11 is 1.73. The van der Waals surface area contributed by atoms with Gasteiger partial charge in [0.1, 0.15) is 17.0 Å². The predicted molar refractivity (Wildman–Crippen MR) is 96.0 cm³/mol. The summed E-state index contributed by atoms with van der Waals surface area (Å²) in [5, 5.41) is 3.49. The summed E-state index contributed by atoms with van der Waals surface area (Å²) in [7, 11) is 0. The number of nitrogens with zero attached hydrogens (tertiary/aromatic N) is 3. The van der Waals surface area contributed by atoms with Crippen LogP contribution in [0.5, 0.6) is 0 Å². The van der Waals surface area contributed by atoms with Crippen LogP contribution in [0, 0.1) is 0 Å². The van der Waals surface area contributed by atoms with E-state index in [2.05, 4.69) is 45.6 Å². The van der Waals surface area contributed by atoms with E-state index in [-0.39, 0.29) is 0 Å². The van der Waals surface area contributed by atoms with Crippen LogP contribution in [-0.2, 0) is 0 Å². The molecule has 2 saturated heterocycles. The van der Waals surface area contributed by atoms with Crippen molar-refractivity contribution in [2.45, 2.75) is 44.2 Å². The zero-order chi connectivity index (χ0) is 15.2. The monoisotopic (exact) mass is 321 g/mol. The van der Waals surface area contributed by atoms with E-state index in [0.29, 0.717) is 12.1 Å². The van der Waals surface area contributed by atoms with Crippen molar-refractivity contribution in [1.29, 1.82) is 0 Å². The maximum Gasteiger partial charge on any atom is 0.141 e. The first-order valence-corrected chi connectivity index (χ1v) is 9.36. The second kappa shape index (κ2) is 5.31. The Hall–Kier alpha value is -1.94. The van der Waals surface area contributed by atoms with Crippen LogP contribution in [-0.4, -0.2) is 22.1 Å². The molecule has 1 aromatic carbocycles. The molecule has 3 nitrogen and oxygen atoms in total. The highest BCUT2D eigenvalue weighted by Gasteiger charge is 2.38. The second-order valence-electron chi connectivity index (χ2n) is 6.62. The smallest absolute Gasteiger partial charge is 0.141 e. The maximum absolute atomic E-state index is 4.75.